The number of methoxy groups -OCH3 is 1. The number of esters is 1. The third kappa shape index (κ3) is 3.63. The summed E-state index contributed by atoms with van der Waals surface area (Å²) in [4.78, 5) is 15.7. The van der Waals surface area contributed by atoms with Crippen LogP contribution < -0.4 is 0 Å². The van der Waals surface area contributed by atoms with Gasteiger partial charge in [0.05, 0.1) is 12.7 Å². The third-order valence-corrected chi connectivity index (χ3v) is 8.75. The van der Waals surface area contributed by atoms with Crippen molar-refractivity contribution in [2.75, 3.05) is 33.3 Å². The van der Waals surface area contributed by atoms with E-state index in [9.17, 15) is 13.2 Å². The molecule has 1 fully saturated rings. The molecule has 6 nitrogen and oxygen atoms in total. The second-order valence-electron chi connectivity index (χ2n) is 6.68. The van der Waals surface area contributed by atoms with Crippen molar-refractivity contribution >= 4 is 27.3 Å². The summed E-state index contributed by atoms with van der Waals surface area (Å²) < 4.78 is 32.5. The van der Waals surface area contributed by atoms with E-state index in [4.69, 9.17) is 4.74 Å². The molecule has 1 aliphatic heterocycles. The molecule has 0 bridgehead atoms. The monoisotopic (exact) mass is 386 g/mol. The van der Waals surface area contributed by atoms with E-state index in [0.29, 0.717) is 19.5 Å². The van der Waals surface area contributed by atoms with Gasteiger partial charge in [-0.2, -0.15) is 4.31 Å². The number of carbonyl (C=O) groups excluding carboxylic acids is 1. The van der Waals surface area contributed by atoms with Crippen molar-refractivity contribution in [3.8, 4) is 0 Å². The zero-order chi connectivity index (χ0) is 18.2. The van der Waals surface area contributed by atoms with Gasteiger partial charge >= 0.3 is 5.97 Å². The Labute approximate surface area is 153 Å². The number of carbonyl (C=O) groups is 1. The van der Waals surface area contributed by atoms with Crippen LogP contribution in [0.25, 0.3) is 0 Å². The standard InChI is InChI=1S/C17H26N2O4S2/c1-4-19(5-2)25(21,22)17-15(16(20)23-3)13-8-9-18(10-12-6-7-12)11-14(13)24-17/h12H,4-11H2,1-3H3. The number of ether oxygens (including phenoxy) is 1. The summed E-state index contributed by atoms with van der Waals surface area (Å²) in [6.45, 7) is 7.06. The van der Waals surface area contributed by atoms with Crippen LogP contribution in [0.3, 0.4) is 0 Å². The largest absolute Gasteiger partial charge is 0.465 e. The van der Waals surface area contributed by atoms with Gasteiger partial charge in [0.1, 0.15) is 4.21 Å². The third-order valence-electron chi connectivity index (χ3n) is 4.99. The molecule has 1 saturated carbocycles. The Morgan fingerprint density at radius 2 is 2.00 bits per heavy atom. The SMILES string of the molecule is CCN(CC)S(=O)(=O)c1sc2c(c1C(=O)OC)CCN(CC1CC1)C2. The number of sulfonamides is 1. The van der Waals surface area contributed by atoms with E-state index in [0.717, 1.165) is 36.0 Å². The van der Waals surface area contributed by atoms with Gasteiger partial charge in [-0.05, 0) is 30.7 Å². The number of thiophene rings is 1. The van der Waals surface area contributed by atoms with Crippen LogP contribution in [0.15, 0.2) is 4.21 Å². The predicted molar refractivity (Wildman–Crippen MR) is 97.5 cm³/mol. The molecule has 25 heavy (non-hydrogen) atoms. The number of rotatable bonds is 7. The first-order valence-corrected chi connectivity index (χ1v) is 11.1. The summed E-state index contributed by atoms with van der Waals surface area (Å²) in [5.41, 5.74) is 1.13. The first-order valence-electron chi connectivity index (χ1n) is 8.87. The van der Waals surface area contributed by atoms with E-state index in [-0.39, 0.29) is 9.77 Å². The van der Waals surface area contributed by atoms with E-state index in [2.05, 4.69) is 4.90 Å². The van der Waals surface area contributed by atoms with Crippen LogP contribution in [0.4, 0.5) is 0 Å². The molecule has 2 heterocycles. The van der Waals surface area contributed by atoms with Gasteiger partial charge in [-0.15, -0.1) is 11.3 Å². The van der Waals surface area contributed by atoms with Gasteiger partial charge in [0, 0.05) is 37.6 Å². The Balaban J connectivity index is 2.00. The molecule has 1 aromatic rings. The lowest BCUT2D eigenvalue weighted by atomic mass is 10.0. The van der Waals surface area contributed by atoms with Crippen molar-refractivity contribution in [1.82, 2.24) is 9.21 Å². The van der Waals surface area contributed by atoms with E-state index < -0.39 is 16.0 Å². The fraction of sp³-hybridized carbons (Fsp3) is 0.706. The van der Waals surface area contributed by atoms with Crippen LogP contribution in [0.1, 0.15) is 47.5 Å². The maximum atomic E-state index is 13.0. The minimum atomic E-state index is -3.68. The van der Waals surface area contributed by atoms with Crippen molar-refractivity contribution in [3.63, 3.8) is 0 Å². The van der Waals surface area contributed by atoms with Crippen LogP contribution in [0.2, 0.25) is 0 Å². The molecule has 0 amide bonds. The van der Waals surface area contributed by atoms with E-state index in [1.165, 1.54) is 35.6 Å². The molecule has 0 saturated heterocycles. The maximum absolute atomic E-state index is 13.0. The topological polar surface area (TPSA) is 66.9 Å². The molecule has 1 aromatic heterocycles. The Kier molecular flexibility index (Phi) is 5.53. The Bertz CT molecular complexity index is 749. The molecule has 0 aromatic carbocycles. The van der Waals surface area contributed by atoms with Crippen molar-refractivity contribution in [1.29, 1.82) is 0 Å². The van der Waals surface area contributed by atoms with Gasteiger partial charge in [0.15, 0.2) is 0 Å². The molecule has 3 rings (SSSR count). The summed E-state index contributed by atoms with van der Waals surface area (Å²) >= 11 is 1.25. The fourth-order valence-electron chi connectivity index (χ4n) is 3.42. The zero-order valence-corrected chi connectivity index (χ0v) is 16.7. The molecule has 0 spiro atoms. The molecule has 1 aliphatic carbocycles. The minimum Gasteiger partial charge on any atom is -0.465 e. The molecule has 140 valence electrons. The molecule has 2 aliphatic rings. The minimum absolute atomic E-state index is 0.154. The average Bonchev–Trinajstić information content (AvgIpc) is 3.31. The first kappa shape index (κ1) is 18.8. The van der Waals surface area contributed by atoms with Crippen LogP contribution in [-0.4, -0.2) is 56.9 Å². The van der Waals surface area contributed by atoms with Gasteiger partial charge < -0.3 is 4.74 Å². The van der Waals surface area contributed by atoms with Crippen LogP contribution in [0, 0.1) is 5.92 Å². The van der Waals surface area contributed by atoms with Gasteiger partial charge in [-0.1, -0.05) is 13.8 Å². The van der Waals surface area contributed by atoms with Gasteiger partial charge in [0.2, 0.25) is 0 Å². The summed E-state index contributed by atoms with van der Waals surface area (Å²) in [6, 6.07) is 0. The van der Waals surface area contributed by atoms with E-state index in [1.807, 2.05) is 13.8 Å². The van der Waals surface area contributed by atoms with Gasteiger partial charge in [-0.3, -0.25) is 4.90 Å². The number of nitrogens with zero attached hydrogens (tertiary/aromatic N) is 2. The lowest BCUT2D eigenvalue weighted by molar-refractivity contribution is 0.0595. The Hall–Kier alpha value is -0.960. The maximum Gasteiger partial charge on any atom is 0.340 e. The highest BCUT2D eigenvalue weighted by molar-refractivity contribution is 7.91. The quantitative estimate of drug-likeness (QED) is 0.673. The summed E-state index contributed by atoms with van der Waals surface area (Å²) in [7, 11) is -2.37. The summed E-state index contributed by atoms with van der Waals surface area (Å²) in [6.07, 6.45) is 3.29. The second-order valence-corrected chi connectivity index (χ2v) is 9.91. The Morgan fingerprint density at radius 3 is 2.56 bits per heavy atom. The van der Waals surface area contributed by atoms with Crippen LogP contribution in [-0.2, 0) is 27.7 Å². The van der Waals surface area contributed by atoms with Crippen molar-refractivity contribution in [2.24, 2.45) is 5.92 Å². The lowest BCUT2D eigenvalue weighted by Gasteiger charge is -2.26. The number of hydrogen-bond donors (Lipinski definition) is 0. The predicted octanol–water partition coefficient (Wildman–Crippen LogP) is 2.33. The smallest absolute Gasteiger partial charge is 0.340 e. The summed E-state index contributed by atoms with van der Waals surface area (Å²) in [5.74, 6) is 0.249. The average molecular weight is 387 g/mol. The van der Waals surface area contributed by atoms with Gasteiger partial charge in [0.25, 0.3) is 10.0 Å². The normalized spacial score (nSPS) is 18.4. The summed E-state index contributed by atoms with van der Waals surface area (Å²) in [5, 5.41) is 0. The van der Waals surface area contributed by atoms with Crippen LogP contribution >= 0.6 is 11.3 Å². The molecular formula is C17H26N2O4S2. The van der Waals surface area contributed by atoms with E-state index in [1.54, 1.807) is 0 Å². The van der Waals surface area contributed by atoms with Crippen LogP contribution in [0.5, 0.6) is 0 Å². The van der Waals surface area contributed by atoms with Crippen molar-refractivity contribution in [3.05, 3.63) is 16.0 Å². The highest BCUT2D eigenvalue weighted by Gasteiger charge is 2.36. The molecule has 8 heteroatoms. The van der Waals surface area contributed by atoms with Crippen molar-refractivity contribution in [2.45, 2.75) is 43.9 Å². The second kappa shape index (κ2) is 7.34. The molecule has 0 radical (unpaired) electrons. The lowest BCUT2D eigenvalue weighted by Crippen LogP contribution is -2.32. The molecule has 0 atom stereocenters. The fourth-order valence-corrected chi connectivity index (χ4v) is 6.95. The van der Waals surface area contributed by atoms with Gasteiger partial charge in [-0.25, -0.2) is 13.2 Å². The molecule has 0 unspecified atom stereocenters. The first-order chi connectivity index (χ1) is 11.9. The molecule has 0 N–H and O–H groups in total. The highest BCUT2D eigenvalue weighted by Crippen LogP contribution is 2.39. The zero-order valence-electron chi connectivity index (χ0n) is 15.1. The molecular weight excluding hydrogens is 360 g/mol. The van der Waals surface area contributed by atoms with Crippen molar-refractivity contribution < 1.29 is 17.9 Å². The highest BCUT2D eigenvalue weighted by atomic mass is 32.2. The Morgan fingerprint density at radius 1 is 1.32 bits per heavy atom. The number of fused-ring (bicyclic) bond motifs is 1. The number of hydrogen-bond acceptors (Lipinski definition) is 6. The van der Waals surface area contributed by atoms with E-state index >= 15 is 0 Å².